The van der Waals surface area contributed by atoms with Crippen molar-refractivity contribution in [2.45, 2.75) is 164 Å². The summed E-state index contributed by atoms with van der Waals surface area (Å²) in [4.78, 5) is 100.0. The molecule has 5 aromatic rings. The van der Waals surface area contributed by atoms with Gasteiger partial charge in [0.05, 0.1) is 74.1 Å². The fourth-order valence-corrected chi connectivity index (χ4v) is 10.2. The zero-order chi connectivity index (χ0) is 77.7. The molecule has 0 unspecified atom stereocenters. The lowest BCUT2D eigenvalue weighted by Gasteiger charge is -2.32. The van der Waals surface area contributed by atoms with Gasteiger partial charge in [-0.1, -0.05) is 0 Å². The Morgan fingerprint density at radius 2 is 0.800 bits per heavy atom. The molecule has 2 N–H and O–H groups in total. The minimum atomic E-state index is -3.07. The van der Waals surface area contributed by atoms with Gasteiger partial charge in [-0.2, -0.15) is 0 Å². The molecule has 5 aliphatic heterocycles. The number of nitrogens with zero attached hydrogens (tertiary/aromatic N) is 16. The maximum Gasteiger partial charge on any atom is 0.498 e. The standard InChI is InChI=1S/C21H32BF2N3O6.C17H21F2N7O2.C15H20BrF2N3O4.C12H17ClN4O2/c1-18(2,3)30-16(28)27(17(29)31-19(4,5)6)15-25-11-12(13(26-15)14(23)24)22-32-20(7,8)21(9,10)33-22;18-15(19)14-11(10-21-17(20)24-14)16-22-12(25-1-5-27-6-2-25)9-13(23-16)26-3-7-28-8-4-26;1-14(2,3)24-12(22)21(13(23)25-15(4,5)6)11-19-7-8(16)9(20-11)10(17)18;13-12-14-10(16-1-5-18-6-2-16)9-11(15-12)17-3-7-19-8-4-17/h11,14H,1-10H3;9-10,15H,1-8H2,(H2,20,21,24);7,10H,1-6H3;9H,1-8H2. The van der Waals surface area contributed by atoms with Crippen molar-refractivity contribution in [1.29, 1.82) is 0 Å². The molecule has 0 radical (unpaired) electrons. The van der Waals surface area contributed by atoms with E-state index in [0.717, 1.165) is 76.6 Å². The second-order valence-electron chi connectivity index (χ2n) is 28.7. The van der Waals surface area contributed by atoms with Gasteiger partial charge in [0.15, 0.2) is 5.82 Å². The number of ether oxygens (including phenoxy) is 8. The van der Waals surface area contributed by atoms with Gasteiger partial charge >= 0.3 is 31.5 Å². The zero-order valence-corrected chi connectivity index (χ0v) is 63.8. The number of hydrogen-bond donors (Lipinski definition) is 1. The molecule has 5 aliphatic rings. The van der Waals surface area contributed by atoms with Gasteiger partial charge in [0.2, 0.25) is 23.1 Å². The molecular weight excluding hydrogens is 1480 g/mol. The number of amides is 4. The van der Waals surface area contributed by atoms with Crippen molar-refractivity contribution in [2.75, 3.05) is 140 Å². The van der Waals surface area contributed by atoms with E-state index in [1.54, 1.807) is 111 Å². The van der Waals surface area contributed by atoms with Crippen LogP contribution in [-0.4, -0.2) is 220 Å². The fraction of sp³-hybridized carbons (Fsp3) is 0.631. The van der Waals surface area contributed by atoms with Crippen LogP contribution < -0.4 is 40.6 Å². The van der Waals surface area contributed by atoms with Gasteiger partial charge in [-0.15, -0.1) is 9.80 Å². The predicted octanol–water partition coefficient (Wildman–Crippen LogP) is 11.2. The Hall–Kier alpha value is -7.95. The minimum Gasteiger partial charge on any atom is -0.443 e. The Morgan fingerprint density at radius 3 is 1.12 bits per heavy atom. The molecule has 4 amide bonds. The number of carbonyl (C=O) groups excluding carboxylic acids is 4. The number of nitrogen functional groups attached to an aromatic ring is 1. The first-order valence-electron chi connectivity index (χ1n) is 33.4. The number of imide groups is 2. The normalized spacial score (nSPS) is 17.0. The molecule has 0 bridgehead atoms. The van der Waals surface area contributed by atoms with E-state index in [9.17, 15) is 45.5 Å². The highest BCUT2D eigenvalue weighted by Gasteiger charge is 2.53. The molecule has 0 atom stereocenters. The van der Waals surface area contributed by atoms with E-state index >= 15 is 0 Å². The van der Waals surface area contributed by atoms with Crippen LogP contribution in [0.3, 0.4) is 0 Å². The lowest BCUT2D eigenvalue weighted by Crippen LogP contribution is -2.45. The molecule has 40 heteroatoms. The third kappa shape index (κ3) is 24.5. The van der Waals surface area contributed by atoms with Crippen LogP contribution in [0.25, 0.3) is 11.4 Å². The van der Waals surface area contributed by atoms with Gasteiger partial charge < -0.3 is 72.5 Å². The first-order valence-corrected chi connectivity index (χ1v) is 34.6. The fourth-order valence-electron chi connectivity index (χ4n) is 9.67. The number of aromatic nitrogens is 10. The van der Waals surface area contributed by atoms with Crippen molar-refractivity contribution < 1.29 is 92.7 Å². The molecule has 10 heterocycles. The smallest absolute Gasteiger partial charge is 0.443 e. The van der Waals surface area contributed by atoms with E-state index < -0.39 is 113 Å². The second-order valence-corrected chi connectivity index (χ2v) is 29.9. The number of nitrogens with two attached hydrogens (primary N) is 1. The number of rotatable bonds is 11. The Labute approximate surface area is 618 Å². The summed E-state index contributed by atoms with van der Waals surface area (Å²) in [6.07, 6.45) is -10.1. The summed E-state index contributed by atoms with van der Waals surface area (Å²) >= 11 is 8.95. The number of halogens is 8. The van der Waals surface area contributed by atoms with Crippen LogP contribution in [0.4, 0.5) is 86.6 Å². The molecule has 0 spiro atoms. The largest absolute Gasteiger partial charge is 0.498 e. The number of alkyl halides is 6. The van der Waals surface area contributed by atoms with Crippen LogP contribution >= 0.6 is 27.5 Å². The monoisotopic (exact) mass is 1570 g/mol. The minimum absolute atomic E-state index is 0.0559. The average molecular weight is 1570 g/mol. The summed E-state index contributed by atoms with van der Waals surface area (Å²) in [5.41, 5.74) is -1.81. The van der Waals surface area contributed by atoms with Crippen molar-refractivity contribution in [3.63, 3.8) is 0 Å². The topological polar surface area (TPSA) is 335 Å². The van der Waals surface area contributed by atoms with Gasteiger partial charge in [-0.25, -0.2) is 95.4 Å². The van der Waals surface area contributed by atoms with Gasteiger partial charge in [0, 0.05) is 88.5 Å². The van der Waals surface area contributed by atoms with Gasteiger partial charge in [-0.05, 0) is 138 Å². The zero-order valence-electron chi connectivity index (χ0n) is 61.5. The van der Waals surface area contributed by atoms with Crippen LogP contribution in [-0.2, 0) is 47.2 Å². The van der Waals surface area contributed by atoms with Crippen LogP contribution in [0.5, 0.6) is 0 Å². The highest BCUT2D eigenvalue weighted by molar-refractivity contribution is 9.10. The molecule has 5 aromatic heterocycles. The summed E-state index contributed by atoms with van der Waals surface area (Å²) in [5.74, 6) is 1.84. The maximum atomic E-state index is 14.0. The predicted molar refractivity (Wildman–Crippen MR) is 379 cm³/mol. The van der Waals surface area contributed by atoms with Crippen LogP contribution in [0.15, 0.2) is 35.2 Å². The average Bonchev–Trinajstić information content (AvgIpc) is 1.63. The molecule has 578 valence electrons. The van der Waals surface area contributed by atoms with Crippen LogP contribution in [0.2, 0.25) is 5.28 Å². The molecule has 5 fully saturated rings. The SMILES string of the molecule is CC(C)(C)OC(=O)N(C(=O)OC(C)(C)C)c1ncc(B2OC(C)(C)C(C)(C)O2)c(C(F)F)n1.CC(C)(C)OC(=O)N(C(=O)OC(C)(C)C)c1ncc(Br)c(C(F)F)n1.Clc1nc(N2CCOCC2)cc(N2CCOCC2)n1.Nc1ncc(-c2nc(N3CCOCC3)cc(N3CCOCC3)n2)c(C(F)F)n1. The summed E-state index contributed by atoms with van der Waals surface area (Å²) in [7, 11) is -1.16. The Kier molecular flexibility index (Phi) is 28.6. The van der Waals surface area contributed by atoms with E-state index in [1.165, 1.54) is 6.20 Å². The quantitative estimate of drug-likeness (QED) is 0.0555. The third-order valence-electron chi connectivity index (χ3n) is 15.2. The van der Waals surface area contributed by atoms with E-state index in [1.807, 2.05) is 12.1 Å². The summed E-state index contributed by atoms with van der Waals surface area (Å²) in [5, 5.41) is 0.297. The first-order chi connectivity index (χ1) is 48.9. The molecule has 10 rings (SSSR count). The summed E-state index contributed by atoms with van der Waals surface area (Å²) in [6.45, 7) is 37.4. The van der Waals surface area contributed by atoms with E-state index in [0.29, 0.717) is 79.3 Å². The number of anilines is 7. The van der Waals surface area contributed by atoms with Crippen molar-refractivity contribution in [2.24, 2.45) is 0 Å². The van der Waals surface area contributed by atoms with Gasteiger partial charge in [0.25, 0.3) is 19.3 Å². The highest BCUT2D eigenvalue weighted by atomic mass is 79.9. The van der Waals surface area contributed by atoms with Crippen LogP contribution in [0.1, 0.15) is 147 Å². The van der Waals surface area contributed by atoms with Crippen molar-refractivity contribution >= 4 is 106 Å². The van der Waals surface area contributed by atoms with E-state index in [4.69, 9.17) is 64.5 Å². The molecule has 31 nitrogen and oxygen atoms in total. The Balaban J connectivity index is 0.000000199. The van der Waals surface area contributed by atoms with E-state index in [-0.39, 0.29) is 27.3 Å². The molecule has 0 aromatic carbocycles. The first kappa shape index (κ1) is 84.3. The summed E-state index contributed by atoms with van der Waals surface area (Å²) in [6, 6.07) is 3.88. The molecule has 105 heavy (non-hydrogen) atoms. The lowest BCUT2D eigenvalue weighted by molar-refractivity contribution is 0.00578. The van der Waals surface area contributed by atoms with Crippen molar-refractivity contribution in [3.05, 3.63) is 57.6 Å². The number of carbonyl (C=O) groups is 4. The van der Waals surface area contributed by atoms with Crippen LogP contribution in [0, 0.1) is 0 Å². The van der Waals surface area contributed by atoms with Crippen molar-refractivity contribution in [3.8, 4) is 11.4 Å². The third-order valence-corrected chi connectivity index (χ3v) is 16.0. The number of morpholine rings is 4. The van der Waals surface area contributed by atoms with Gasteiger partial charge in [-0.3, -0.25) is 0 Å². The maximum absolute atomic E-state index is 14.0. The highest BCUT2D eigenvalue weighted by Crippen LogP contribution is 2.38. The molecule has 0 aliphatic carbocycles. The number of hydrogen-bond acceptors (Lipinski definition) is 29. The van der Waals surface area contributed by atoms with Gasteiger partial charge in [0.1, 0.15) is 62.8 Å². The Morgan fingerprint density at radius 1 is 0.486 bits per heavy atom. The molecule has 5 saturated heterocycles. The Bertz CT molecular complexity index is 3640. The van der Waals surface area contributed by atoms with Crippen molar-refractivity contribution in [1.82, 2.24) is 49.8 Å². The molecule has 0 saturated carbocycles. The summed E-state index contributed by atoms with van der Waals surface area (Å²) < 4.78 is 135. The van der Waals surface area contributed by atoms with E-state index in [2.05, 4.69) is 85.4 Å². The molecular formula is C65H90BBrClF6N17O14. The lowest BCUT2D eigenvalue weighted by atomic mass is 9.79. The second kappa shape index (κ2) is 35.6.